The molecule has 0 saturated carbocycles. The number of nitrogens with zero attached hydrogens (tertiary/aromatic N) is 1. The largest absolute Gasteiger partial charge is 0.246 e. The molecule has 0 aliphatic carbocycles. The van der Waals surface area contributed by atoms with Crippen LogP contribution in [0.3, 0.4) is 0 Å². The predicted molar refractivity (Wildman–Crippen MR) is 78.4 cm³/mol. The van der Waals surface area contributed by atoms with Crippen molar-refractivity contribution in [3.63, 3.8) is 0 Å². The van der Waals surface area contributed by atoms with Crippen molar-refractivity contribution < 1.29 is 0 Å². The molecule has 2 atom stereocenters. The Morgan fingerprint density at radius 2 is 2.24 bits per heavy atom. The van der Waals surface area contributed by atoms with Crippen LogP contribution in [0.5, 0.6) is 0 Å². The summed E-state index contributed by atoms with van der Waals surface area (Å²) in [4.78, 5) is 4.72. The zero-order chi connectivity index (χ0) is 12.4. The van der Waals surface area contributed by atoms with Crippen LogP contribution in [-0.4, -0.2) is 11.3 Å². The molecule has 2 rings (SSSR count). The van der Waals surface area contributed by atoms with Gasteiger partial charge in [0.15, 0.2) is 0 Å². The van der Waals surface area contributed by atoms with E-state index < -0.39 is 0 Å². The van der Waals surface area contributed by atoms with Crippen LogP contribution in [0.25, 0.3) is 0 Å². The Hall–Kier alpha value is -0.470. The zero-order valence-electron chi connectivity index (χ0n) is 10.2. The van der Waals surface area contributed by atoms with Crippen LogP contribution in [0, 0.1) is 18.8 Å². The van der Waals surface area contributed by atoms with E-state index in [1.165, 1.54) is 10.6 Å². The molecule has 2 unspecified atom stereocenters. The Balaban J connectivity index is 2.41. The standard InChI is InChI=1S/C14H17ClNS/c1-9(2)10-6-11-7-12(15)4-5-13(11)16-14(8-10)17-3/h4-5,7,9-10H,1,6,8H2,2-3H3. The van der Waals surface area contributed by atoms with E-state index in [9.17, 15) is 0 Å². The molecule has 1 aliphatic rings. The maximum atomic E-state index is 6.06. The molecule has 0 N–H and O–H groups in total. The molecule has 91 valence electrons. The normalized spacial score (nSPS) is 19.8. The van der Waals surface area contributed by atoms with Gasteiger partial charge in [-0.1, -0.05) is 25.4 Å². The van der Waals surface area contributed by atoms with Crippen molar-refractivity contribution in [1.29, 1.82) is 0 Å². The minimum absolute atomic E-state index is 0.428. The number of fused-ring (bicyclic) bond motifs is 1. The molecule has 0 amide bonds. The number of hydrogen-bond donors (Lipinski definition) is 0. The van der Waals surface area contributed by atoms with Gasteiger partial charge in [0.1, 0.15) is 0 Å². The van der Waals surface area contributed by atoms with Crippen LogP contribution >= 0.6 is 23.4 Å². The molecular formula is C14H17ClNS. The van der Waals surface area contributed by atoms with Crippen molar-refractivity contribution in [1.82, 2.24) is 0 Å². The van der Waals surface area contributed by atoms with Crippen LogP contribution in [-0.2, 0) is 6.42 Å². The maximum absolute atomic E-state index is 6.06. The van der Waals surface area contributed by atoms with Crippen molar-refractivity contribution in [3.05, 3.63) is 35.7 Å². The highest BCUT2D eigenvalue weighted by Crippen LogP contribution is 2.34. The van der Waals surface area contributed by atoms with Gasteiger partial charge in [-0.25, -0.2) is 4.99 Å². The van der Waals surface area contributed by atoms with E-state index in [0.29, 0.717) is 11.8 Å². The Morgan fingerprint density at radius 3 is 2.88 bits per heavy atom. The second kappa shape index (κ2) is 5.45. The molecule has 0 aromatic heterocycles. The summed E-state index contributed by atoms with van der Waals surface area (Å²) in [5, 5.41) is 1.99. The average molecular weight is 267 g/mol. The van der Waals surface area contributed by atoms with E-state index in [1.807, 2.05) is 18.2 Å². The highest BCUT2D eigenvalue weighted by atomic mass is 35.5. The Labute approximate surface area is 113 Å². The monoisotopic (exact) mass is 266 g/mol. The minimum Gasteiger partial charge on any atom is -0.246 e. The van der Waals surface area contributed by atoms with Gasteiger partial charge in [0.05, 0.1) is 10.7 Å². The second-order valence-corrected chi connectivity index (χ2v) is 5.94. The summed E-state index contributed by atoms with van der Waals surface area (Å²) in [6.45, 7) is 6.35. The number of halogens is 1. The van der Waals surface area contributed by atoms with Crippen molar-refractivity contribution in [2.75, 3.05) is 6.26 Å². The third-order valence-corrected chi connectivity index (χ3v) is 4.21. The lowest BCUT2D eigenvalue weighted by Gasteiger charge is -2.19. The van der Waals surface area contributed by atoms with Crippen molar-refractivity contribution in [2.24, 2.45) is 16.8 Å². The maximum Gasteiger partial charge on any atom is 0.0739 e. The summed E-state index contributed by atoms with van der Waals surface area (Å²) in [6, 6.07) is 5.97. The molecule has 1 heterocycles. The van der Waals surface area contributed by atoms with E-state index in [1.54, 1.807) is 11.8 Å². The average Bonchev–Trinajstić information content (AvgIpc) is 2.47. The van der Waals surface area contributed by atoms with E-state index >= 15 is 0 Å². The highest BCUT2D eigenvalue weighted by Gasteiger charge is 2.21. The number of thioether (sulfide) groups is 1. The predicted octanol–water partition coefficient (Wildman–Crippen LogP) is 4.77. The van der Waals surface area contributed by atoms with Crippen LogP contribution in [0.2, 0.25) is 5.02 Å². The summed E-state index contributed by atoms with van der Waals surface area (Å²) in [6.07, 6.45) is 4.14. The van der Waals surface area contributed by atoms with Crippen LogP contribution in [0.15, 0.2) is 23.2 Å². The molecule has 1 nitrogen and oxygen atoms in total. The van der Waals surface area contributed by atoms with E-state index in [2.05, 4.69) is 20.1 Å². The van der Waals surface area contributed by atoms with E-state index in [4.69, 9.17) is 16.6 Å². The topological polar surface area (TPSA) is 12.4 Å². The highest BCUT2D eigenvalue weighted by molar-refractivity contribution is 8.13. The number of rotatable bonds is 1. The minimum atomic E-state index is 0.428. The Kier molecular flexibility index (Phi) is 4.16. The Morgan fingerprint density at radius 1 is 1.47 bits per heavy atom. The van der Waals surface area contributed by atoms with E-state index in [0.717, 1.165) is 23.6 Å². The first-order chi connectivity index (χ1) is 8.10. The first-order valence-electron chi connectivity index (χ1n) is 5.83. The summed E-state index contributed by atoms with van der Waals surface area (Å²) in [5.74, 6) is 0.984. The third kappa shape index (κ3) is 3.05. The van der Waals surface area contributed by atoms with Gasteiger partial charge in [-0.05, 0) is 54.7 Å². The molecule has 0 bridgehead atoms. The molecule has 1 radical (unpaired) electrons. The number of benzene rings is 1. The summed E-state index contributed by atoms with van der Waals surface area (Å²) >= 11 is 7.80. The lowest BCUT2D eigenvalue weighted by Crippen LogP contribution is -2.14. The Bertz CT molecular complexity index is 440. The quantitative estimate of drug-likeness (QED) is 0.714. The van der Waals surface area contributed by atoms with Gasteiger partial charge in [0.25, 0.3) is 0 Å². The fourth-order valence-electron chi connectivity index (χ4n) is 2.12. The molecule has 0 fully saturated rings. The summed E-state index contributed by atoms with van der Waals surface area (Å²) in [7, 11) is 0. The van der Waals surface area contributed by atoms with E-state index in [-0.39, 0.29) is 0 Å². The molecule has 17 heavy (non-hydrogen) atoms. The first kappa shape index (κ1) is 13.0. The van der Waals surface area contributed by atoms with Gasteiger partial charge in [0.2, 0.25) is 0 Å². The molecule has 3 heteroatoms. The van der Waals surface area contributed by atoms with Crippen molar-refractivity contribution in [2.45, 2.75) is 19.8 Å². The molecule has 0 spiro atoms. The van der Waals surface area contributed by atoms with Crippen LogP contribution in [0.4, 0.5) is 5.69 Å². The molecule has 1 aromatic carbocycles. The number of aliphatic imine (C=N–C) groups is 1. The van der Waals surface area contributed by atoms with Gasteiger partial charge >= 0.3 is 0 Å². The molecule has 1 aromatic rings. The van der Waals surface area contributed by atoms with Gasteiger partial charge < -0.3 is 0 Å². The molecule has 0 saturated heterocycles. The lowest BCUT2D eigenvalue weighted by molar-refractivity contribution is 0.434. The fraction of sp³-hybridized carbons (Fsp3) is 0.429. The van der Waals surface area contributed by atoms with Gasteiger partial charge in [-0.15, -0.1) is 11.8 Å². The second-order valence-electron chi connectivity index (χ2n) is 4.63. The van der Waals surface area contributed by atoms with Crippen LogP contribution in [0.1, 0.15) is 18.9 Å². The van der Waals surface area contributed by atoms with Gasteiger partial charge in [-0.2, -0.15) is 0 Å². The van der Waals surface area contributed by atoms with Gasteiger partial charge in [-0.3, -0.25) is 0 Å². The molecule has 1 aliphatic heterocycles. The van der Waals surface area contributed by atoms with Crippen molar-refractivity contribution in [3.8, 4) is 0 Å². The summed E-state index contributed by atoms with van der Waals surface area (Å²) < 4.78 is 0. The van der Waals surface area contributed by atoms with Crippen molar-refractivity contribution >= 4 is 34.1 Å². The smallest absolute Gasteiger partial charge is 0.0739 e. The molecular weight excluding hydrogens is 250 g/mol. The zero-order valence-corrected chi connectivity index (χ0v) is 11.8. The van der Waals surface area contributed by atoms with Gasteiger partial charge in [0, 0.05) is 5.02 Å². The SMILES string of the molecule is [CH2]C(C)C1CC(SC)=Nc2ccc(Cl)cc2C1. The summed E-state index contributed by atoms with van der Waals surface area (Å²) in [5.41, 5.74) is 2.32. The lowest BCUT2D eigenvalue weighted by atomic mass is 9.87. The third-order valence-electron chi connectivity index (χ3n) is 3.25. The fourth-order valence-corrected chi connectivity index (χ4v) is 2.88. The first-order valence-corrected chi connectivity index (χ1v) is 7.43. The number of hydrogen-bond acceptors (Lipinski definition) is 2. The van der Waals surface area contributed by atoms with Crippen LogP contribution < -0.4 is 0 Å².